The van der Waals surface area contributed by atoms with Crippen LogP contribution in [0.5, 0.6) is 0 Å². The second-order valence-corrected chi connectivity index (χ2v) is 8.84. The van der Waals surface area contributed by atoms with Gasteiger partial charge in [0.05, 0.1) is 17.3 Å². The summed E-state index contributed by atoms with van der Waals surface area (Å²) in [6.45, 7) is 9.03. The summed E-state index contributed by atoms with van der Waals surface area (Å²) in [7, 11) is 0. The molecule has 8 heteroatoms. The Morgan fingerprint density at radius 2 is 1.82 bits per heavy atom. The predicted molar refractivity (Wildman–Crippen MR) is 133 cm³/mol. The fraction of sp³-hybridized carbons (Fsp3) is 0.346. The number of ketones is 1. The van der Waals surface area contributed by atoms with Crippen LogP contribution in [0.15, 0.2) is 54.2 Å². The second-order valence-electron chi connectivity index (χ2n) is 8.40. The van der Waals surface area contributed by atoms with E-state index in [1.54, 1.807) is 46.7 Å². The van der Waals surface area contributed by atoms with E-state index in [9.17, 15) is 14.7 Å². The number of aromatic nitrogens is 2. The summed E-state index contributed by atoms with van der Waals surface area (Å²) in [5.74, 6) is -1.51. The second kappa shape index (κ2) is 9.99. The van der Waals surface area contributed by atoms with Gasteiger partial charge in [-0.3, -0.25) is 14.0 Å². The highest BCUT2D eigenvalue weighted by atomic mass is 35.5. The van der Waals surface area contributed by atoms with Gasteiger partial charge in [0.15, 0.2) is 5.76 Å². The number of benzene rings is 1. The fourth-order valence-corrected chi connectivity index (χ4v) is 4.76. The molecule has 1 N–H and O–H groups in total. The molecule has 1 aromatic carbocycles. The normalized spacial score (nSPS) is 17.9. The zero-order chi connectivity index (χ0) is 24.4. The maximum absolute atomic E-state index is 13.3. The molecule has 1 saturated heterocycles. The first-order chi connectivity index (χ1) is 16.4. The number of halogens is 1. The molecular formula is C26H29ClN4O3. The van der Waals surface area contributed by atoms with Crippen molar-refractivity contribution in [3.63, 3.8) is 0 Å². The number of imidazole rings is 1. The van der Waals surface area contributed by atoms with Crippen LogP contribution in [0, 0.1) is 6.92 Å². The molecule has 0 saturated carbocycles. The van der Waals surface area contributed by atoms with Crippen LogP contribution >= 0.6 is 11.6 Å². The van der Waals surface area contributed by atoms with Crippen LogP contribution in [0.2, 0.25) is 5.02 Å². The summed E-state index contributed by atoms with van der Waals surface area (Å²) in [4.78, 5) is 34.8. The molecule has 0 bridgehead atoms. The summed E-state index contributed by atoms with van der Waals surface area (Å²) >= 11 is 6.10. The van der Waals surface area contributed by atoms with Crippen LogP contribution in [0.4, 0.5) is 0 Å². The van der Waals surface area contributed by atoms with Gasteiger partial charge in [-0.15, -0.1) is 0 Å². The van der Waals surface area contributed by atoms with Gasteiger partial charge in [0.1, 0.15) is 11.3 Å². The van der Waals surface area contributed by atoms with Crippen molar-refractivity contribution in [2.45, 2.75) is 33.2 Å². The molecular weight excluding hydrogens is 452 g/mol. The van der Waals surface area contributed by atoms with E-state index in [1.807, 2.05) is 18.2 Å². The number of fused-ring (bicyclic) bond motifs is 1. The number of pyridine rings is 1. The van der Waals surface area contributed by atoms with Crippen molar-refractivity contribution in [3.8, 4) is 0 Å². The highest BCUT2D eigenvalue weighted by Gasteiger charge is 2.46. The van der Waals surface area contributed by atoms with Gasteiger partial charge >= 0.3 is 0 Å². The molecule has 7 nitrogen and oxygen atoms in total. The van der Waals surface area contributed by atoms with E-state index >= 15 is 0 Å². The van der Waals surface area contributed by atoms with E-state index < -0.39 is 17.7 Å². The number of likely N-dealkylation sites (tertiary alicyclic amines) is 1. The number of nitrogens with zero attached hydrogens (tertiary/aromatic N) is 4. The van der Waals surface area contributed by atoms with E-state index in [0.717, 1.165) is 25.2 Å². The minimum Gasteiger partial charge on any atom is -0.505 e. The minimum atomic E-state index is -0.706. The van der Waals surface area contributed by atoms with Gasteiger partial charge in [-0.25, -0.2) is 4.98 Å². The first kappa shape index (κ1) is 24.0. The van der Waals surface area contributed by atoms with E-state index in [0.29, 0.717) is 35.0 Å². The monoisotopic (exact) mass is 480 g/mol. The lowest BCUT2D eigenvalue weighted by Crippen LogP contribution is -2.33. The number of aliphatic hydroxyl groups is 1. The molecule has 34 heavy (non-hydrogen) atoms. The van der Waals surface area contributed by atoms with E-state index in [4.69, 9.17) is 11.6 Å². The number of hydrogen-bond donors (Lipinski definition) is 1. The van der Waals surface area contributed by atoms with Crippen molar-refractivity contribution in [1.29, 1.82) is 0 Å². The molecule has 0 spiro atoms. The highest BCUT2D eigenvalue weighted by molar-refractivity contribution is 6.46. The van der Waals surface area contributed by atoms with Crippen LogP contribution in [0.1, 0.15) is 43.3 Å². The first-order valence-electron chi connectivity index (χ1n) is 11.6. The molecule has 1 aliphatic rings. The minimum absolute atomic E-state index is 0.0731. The molecule has 178 valence electrons. The lowest BCUT2D eigenvalue weighted by molar-refractivity contribution is -0.140. The van der Waals surface area contributed by atoms with Crippen LogP contribution in [0.25, 0.3) is 11.4 Å². The third-order valence-corrected chi connectivity index (χ3v) is 6.67. The first-order valence-corrected chi connectivity index (χ1v) is 11.9. The number of hydrogen-bond acceptors (Lipinski definition) is 5. The standard InChI is InChI=1S/C26H29ClN4O3/c1-4-29(5-2)14-8-16-31-23(18-10-12-19(27)13-11-18)21(25(33)26(31)34)24(32)22-17(3)28-20-9-6-7-15-30(20)22/h6-7,9-13,15,23,32H,4-5,8,14,16H2,1-3H3/b24-21+. The summed E-state index contributed by atoms with van der Waals surface area (Å²) < 4.78 is 1.73. The Morgan fingerprint density at radius 1 is 1.12 bits per heavy atom. The van der Waals surface area contributed by atoms with Crippen LogP contribution in [0.3, 0.4) is 0 Å². The molecule has 0 radical (unpaired) electrons. The van der Waals surface area contributed by atoms with Gasteiger partial charge < -0.3 is 14.9 Å². The predicted octanol–water partition coefficient (Wildman–Crippen LogP) is 4.45. The zero-order valence-corrected chi connectivity index (χ0v) is 20.4. The van der Waals surface area contributed by atoms with Crippen LogP contribution in [-0.4, -0.2) is 62.2 Å². The maximum atomic E-state index is 13.3. The van der Waals surface area contributed by atoms with Gasteiger partial charge in [-0.2, -0.15) is 0 Å². The Kier molecular flexibility index (Phi) is 7.05. The maximum Gasteiger partial charge on any atom is 0.295 e. The van der Waals surface area contributed by atoms with Gasteiger partial charge in [-0.1, -0.05) is 43.6 Å². The van der Waals surface area contributed by atoms with Crippen molar-refractivity contribution in [2.24, 2.45) is 0 Å². The number of rotatable bonds is 8. The van der Waals surface area contributed by atoms with Crippen molar-refractivity contribution in [3.05, 3.63) is 76.2 Å². The van der Waals surface area contributed by atoms with E-state index in [-0.39, 0.29) is 11.3 Å². The Hall–Kier alpha value is -3.16. The third-order valence-electron chi connectivity index (χ3n) is 6.42. The summed E-state index contributed by atoms with van der Waals surface area (Å²) in [6, 6.07) is 11.9. The Balaban J connectivity index is 1.81. The number of Topliss-reactive ketones (excluding diaryl/α,β-unsaturated/α-hetero) is 1. The fourth-order valence-electron chi connectivity index (χ4n) is 4.63. The van der Waals surface area contributed by atoms with Gasteiger partial charge in [0.25, 0.3) is 11.7 Å². The lowest BCUT2D eigenvalue weighted by Gasteiger charge is -2.26. The van der Waals surface area contributed by atoms with Crippen molar-refractivity contribution < 1.29 is 14.7 Å². The number of aryl methyl sites for hydroxylation is 1. The average Bonchev–Trinajstić information content (AvgIpc) is 3.30. The van der Waals surface area contributed by atoms with E-state index in [2.05, 4.69) is 23.7 Å². The third kappa shape index (κ3) is 4.33. The van der Waals surface area contributed by atoms with Crippen molar-refractivity contribution in [1.82, 2.24) is 19.2 Å². The number of carbonyl (C=O) groups excluding carboxylic acids is 2. The molecule has 3 heterocycles. The quantitative estimate of drug-likeness (QED) is 0.293. The topological polar surface area (TPSA) is 78.2 Å². The molecule has 1 atom stereocenters. The molecule has 1 unspecified atom stereocenters. The highest BCUT2D eigenvalue weighted by Crippen LogP contribution is 2.40. The average molecular weight is 481 g/mol. The summed E-state index contributed by atoms with van der Waals surface area (Å²) in [5, 5.41) is 12.0. The van der Waals surface area contributed by atoms with E-state index in [1.165, 1.54) is 0 Å². The molecule has 2 aromatic heterocycles. The Bertz CT molecular complexity index is 1240. The largest absolute Gasteiger partial charge is 0.505 e. The number of carbonyl (C=O) groups is 2. The van der Waals surface area contributed by atoms with Crippen molar-refractivity contribution >= 4 is 34.7 Å². The van der Waals surface area contributed by atoms with Gasteiger partial charge in [0.2, 0.25) is 0 Å². The summed E-state index contributed by atoms with van der Waals surface area (Å²) in [6.07, 6.45) is 2.50. The molecule has 1 amide bonds. The van der Waals surface area contributed by atoms with Gasteiger partial charge in [-0.05, 0) is 62.8 Å². The lowest BCUT2D eigenvalue weighted by atomic mass is 9.96. The SMILES string of the molecule is CCN(CC)CCCN1C(=O)C(=O)/C(=C(/O)c2c(C)nc3ccccn23)C1c1ccc(Cl)cc1. The Labute approximate surface area is 204 Å². The zero-order valence-electron chi connectivity index (χ0n) is 19.7. The molecule has 1 aliphatic heterocycles. The van der Waals surface area contributed by atoms with Crippen LogP contribution in [-0.2, 0) is 9.59 Å². The number of aliphatic hydroxyl groups excluding tert-OH is 1. The molecule has 3 aromatic rings. The smallest absolute Gasteiger partial charge is 0.295 e. The number of amides is 1. The van der Waals surface area contributed by atoms with Crippen molar-refractivity contribution in [2.75, 3.05) is 26.2 Å². The summed E-state index contributed by atoms with van der Waals surface area (Å²) in [5.41, 5.74) is 2.43. The molecule has 4 rings (SSSR count). The van der Waals surface area contributed by atoms with Gasteiger partial charge in [0, 0.05) is 17.8 Å². The molecule has 1 fully saturated rings. The van der Waals surface area contributed by atoms with Crippen LogP contribution < -0.4 is 0 Å². The Morgan fingerprint density at radius 3 is 2.50 bits per heavy atom. The molecule has 0 aliphatic carbocycles.